The Balaban J connectivity index is 1.91. The van der Waals surface area contributed by atoms with E-state index in [1.54, 1.807) is 18.3 Å². The Morgan fingerprint density at radius 1 is 1.28 bits per heavy atom. The molecule has 2 aromatic heterocycles. The average Bonchev–Trinajstić information content (AvgIpc) is 2.83. The second-order valence-corrected chi connectivity index (χ2v) is 3.86. The highest BCUT2D eigenvalue weighted by atomic mass is 16.5. The molecule has 2 aromatic rings. The summed E-state index contributed by atoms with van der Waals surface area (Å²) in [5.74, 6) is 1.46. The maximum atomic E-state index is 5.84. The molecule has 8 heteroatoms. The van der Waals surface area contributed by atoms with Crippen molar-refractivity contribution in [1.29, 1.82) is 0 Å². The van der Waals surface area contributed by atoms with Gasteiger partial charge in [-0.3, -0.25) is 0 Å². The van der Waals surface area contributed by atoms with E-state index in [4.69, 9.17) is 10.5 Å². The summed E-state index contributed by atoms with van der Waals surface area (Å²) in [5.41, 5.74) is 5.84. The standard InChI is InChI=1S/C10H13N7O/c11-9-13-10(16-4-6-18-7-5-16)15-17(9)8-2-1-3-12-14-8/h1-3H,4-7H2,(H2,11,13,15). The summed E-state index contributed by atoms with van der Waals surface area (Å²) in [5, 5.41) is 12.1. The van der Waals surface area contributed by atoms with Crippen LogP contribution in [0.5, 0.6) is 0 Å². The lowest BCUT2D eigenvalue weighted by Crippen LogP contribution is -2.37. The quantitative estimate of drug-likeness (QED) is 0.762. The molecule has 0 saturated carbocycles. The number of nitrogens with two attached hydrogens (primary N) is 1. The molecule has 8 nitrogen and oxygen atoms in total. The predicted octanol–water partition coefficient (Wildman–Crippen LogP) is -0.524. The number of morpholine rings is 1. The summed E-state index contributed by atoms with van der Waals surface area (Å²) in [7, 11) is 0. The van der Waals surface area contributed by atoms with Gasteiger partial charge in [0.05, 0.1) is 13.2 Å². The monoisotopic (exact) mass is 247 g/mol. The number of nitrogens with zero attached hydrogens (tertiary/aromatic N) is 6. The first kappa shape index (κ1) is 10.9. The lowest BCUT2D eigenvalue weighted by molar-refractivity contribution is 0.122. The number of rotatable bonds is 2. The van der Waals surface area contributed by atoms with E-state index in [9.17, 15) is 0 Å². The van der Waals surface area contributed by atoms with Gasteiger partial charge in [-0.1, -0.05) is 0 Å². The van der Waals surface area contributed by atoms with Gasteiger partial charge in [-0.05, 0) is 12.1 Å². The second kappa shape index (κ2) is 4.57. The first-order valence-corrected chi connectivity index (χ1v) is 5.68. The molecule has 3 heterocycles. The molecule has 0 aliphatic carbocycles. The van der Waals surface area contributed by atoms with Crippen LogP contribution in [0, 0.1) is 0 Å². The van der Waals surface area contributed by atoms with Crippen molar-refractivity contribution in [2.75, 3.05) is 36.9 Å². The SMILES string of the molecule is Nc1nc(N2CCOCC2)nn1-c1cccnn1. The Morgan fingerprint density at radius 3 is 2.83 bits per heavy atom. The molecule has 0 radical (unpaired) electrons. The van der Waals surface area contributed by atoms with E-state index >= 15 is 0 Å². The summed E-state index contributed by atoms with van der Waals surface area (Å²) < 4.78 is 6.77. The van der Waals surface area contributed by atoms with Gasteiger partial charge in [0.25, 0.3) is 0 Å². The average molecular weight is 247 g/mol. The van der Waals surface area contributed by atoms with Crippen LogP contribution in [0.2, 0.25) is 0 Å². The van der Waals surface area contributed by atoms with Crippen LogP contribution in [0.15, 0.2) is 18.3 Å². The van der Waals surface area contributed by atoms with E-state index in [1.807, 2.05) is 4.90 Å². The van der Waals surface area contributed by atoms with Gasteiger partial charge in [0.1, 0.15) is 0 Å². The Kier molecular flexibility index (Phi) is 2.77. The van der Waals surface area contributed by atoms with Gasteiger partial charge in [0.2, 0.25) is 11.9 Å². The van der Waals surface area contributed by atoms with Crippen molar-refractivity contribution in [2.24, 2.45) is 0 Å². The number of hydrogen-bond donors (Lipinski definition) is 1. The molecule has 18 heavy (non-hydrogen) atoms. The Bertz CT molecular complexity index is 520. The lowest BCUT2D eigenvalue weighted by atomic mass is 10.4. The Morgan fingerprint density at radius 2 is 2.11 bits per heavy atom. The van der Waals surface area contributed by atoms with E-state index in [0.717, 1.165) is 13.1 Å². The topological polar surface area (TPSA) is 95.0 Å². The van der Waals surface area contributed by atoms with Crippen molar-refractivity contribution in [1.82, 2.24) is 25.0 Å². The summed E-state index contributed by atoms with van der Waals surface area (Å²) in [4.78, 5) is 6.28. The molecule has 0 amide bonds. The minimum Gasteiger partial charge on any atom is -0.378 e. The molecule has 94 valence electrons. The molecular formula is C10H13N7O. The largest absolute Gasteiger partial charge is 0.378 e. The van der Waals surface area contributed by atoms with Gasteiger partial charge in [0, 0.05) is 19.3 Å². The molecule has 2 N–H and O–H groups in total. The molecule has 0 aromatic carbocycles. The van der Waals surface area contributed by atoms with Crippen molar-refractivity contribution >= 4 is 11.9 Å². The molecule has 0 unspecified atom stereocenters. The normalized spacial score (nSPS) is 15.9. The predicted molar refractivity (Wildman–Crippen MR) is 64.4 cm³/mol. The van der Waals surface area contributed by atoms with E-state index in [0.29, 0.717) is 30.9 Å². The molecule has 1 aliphatic heterocycles. The molecule has 0 spiro atoms. The molecular weight excluding hydrogens is 234 g/mol. The van der Waals surface area contributed by atoms with Crippen molar-refractivity contribution < 1.29 is 4.74 Å². The third-order valence-corrected chi connectivity index (χ3v) is 2.69. The minimum atomic E-state index is 0.303. The van der Waals surface area contributed by atoms with Gasteiger partial charge < -0.3 is 15.4 Å². The molecule has 1 saturated heterocycles. The Labute approximate surface area is 103 Å². The fourth-order valence-electron chi connectivity index (χ4n) is 1.79. The lowest BCUT2D eigenvalue weighted by Gasteiger charge is -2.25. The molecule has 0 bridgehead atoms. The zero-order valence-corrected chi connectivity index (χ0v) is 9.73. The summed E-state index contributed by atoms with van der Waals surface area (Å²) >= 11 is 0. The van der Waals surface area contributed by atoms with Gasteiger partial charge in [-0.15, -0.1) is 10.2 Å². The van der Waals surface area contributed by atoms with E-state index in [-0.39, 0.29) is 0 Å². The van der Waals surface area contributed by atoms with Crippen LogP contribution in [0.3, 0.4) is 0 Å². The van der Waals surface area contributed by atoms with Gasteiger partial charge >= 0.3 is 0 Å². The fraction of sp³-hybridized carbons (Fsp3) is 0.400. The van der Waals surface area contributed by atoms with Crippen molar-refractivity contribution in [3.63, 3.8) is 0 Å². The maximum Gasteiger partial charge on any atom is 0.247 e. The second-order valence-electron chi connectivity index (χ2n) is 3.86. The van der Waals surface area contributed by atoms with Crippen LogP contribution in [0.4, 0.5) is 11.9 Å². The zero-order chi connectivity index (χ0) is 12.4. The highest BCUT2D eigenvalue weighted by Crippen LogP contribution is 2.15. The van der Waals surface area contributed by atoms with E-state index < -0.39 is 0 Å². The maximum absolute atomic E-state index is 5.84. The number of anilines is 2. The summed E-state index contributed by atoms with van der Waals surface area (Å²) in [6, 6.07) is 3.55. The van der Waals surface area contributed by atoms with Gasteiger partial charge in [-0.25, -0.2) is 0 Å². The Hall–Kier alpha value is -2.22. The number of hydrogen-bond acceptors (Lipinski definition) is 7. The minimum absolute atomic E-state index is 0.303. The number of ether oxygens (including phenoxy) is 1. The third kappa shape index (κ3) is 1.97. The van der Waals surface area contributed by atoms with Gasteiger partial charge in [-0.2, -0.15) is 14.8 Å². The molecule has 0 atom stereocenters. The van der Waals surface area contributed by atoms with Crippen molar-refractivity contribution in [2.45, 2.75) is 0 Å². The van der Waals surface area contributed by atoms with Crippen LogP contribution in [0.25, 0.3) is 5.82 Å². The van der Waals surface area contributed by atoms with Crippen LogP contribution < -0.4 is 10.6 Å². The van der Waals surface area contributed by atoms with Crippen LogP contribution in [0.1, 0.15) is 0 Å². The molecule has 1 fully saturated rings. The van der Waals surface area contributed by atoms with E-state index in [2.05, 4.69) is 20.3 Å². The number of aromatic nitrogens is 5. The highest BCUT2D eigenvalue weighted by molar-refractivity contribution is 5.40. The first-order chi connectivity index (χ1) is 8.84. The molecule has 3 rings (SSSR count). The smallest absolute Gasteiger partial charge is 0.247 e. The van der Waals surface area contributed by atoms with Crippen LogP contribution in [-0.2, 0) is 4.74 Å². The highest BCUT2D eigenvalue weighted by Gasteiger charge is 2.18. The van der Waals surface area contributed by atoms with Crippen LogP contribution in [-0.4, -0.2) is 51.3 Å². The van der Waals surface area contributed by atoms with Crippen molar-refractivity contribution in [3.05, 3.63) is 18.3 Å². The van der Waals surface area contributed by atoms with Gasteiger partial charge in [0.15, 0.2) is 5.82 Å². The first-order valence-electron chi connectivity index (χ1n) is 5.68. The fourth-order valence-corrected chi connectivity index (χ4v) is 1.79. The summed E-state index contributed by atoms with van der Waals surface area (Å²) in [6.45, 7) is 2.90. The molecule has 1 aliphatic rings. The van der Waals surface area contributed by atoms with Crippen molar-refractivity contribution in [3.8, 4) is 5.82 Å². The van der Waals surface area contributed by atoms with Crippen LogP contribution >= 0.6 is 0 Å². The third-order valence-electron chi connectivity index (χ3n) is 2.69. The summed E-state index contributed by atoms with van der Waals surface area (Å²) in [6.07, 6.45) is 1.60. The zero-order valence-electron chi connectivity index (χ0n) is 9.73. The number of nitrogen functional groups attached to an aromatic ring is 1. The van der Waals surface area contributed by atoms with E-state index in [1.165, 1.54) is 4.68 Å².